The lowest BCUT2D eigenvalue weighted by Gasteiger charge is -2.05. The van der Waals surface area contributed by atoms with Crippen molar-refractivity contribution in [2.45, 2.75) is 13.8 Å². The summed E-state index contributed by atoms with van der Waals surface area (Å²) in [6.07, 6.45) is 1.72. The van der Waals surface area contributed by atoms with Gasteiger partial charge in [0, 0.05) is 6.54 Å². The van der Waals surface area contributed by atoms with E-state index in [2.05, 4.69) is 15.8 Å². The third kappa shape index (κ3) is 4.40. The fourth-order valence-electron chi connectivity index (χ4n) is 1.35. The van der Waals surface area contributed by atoms with Crippen LogP contribution < -0.4 is 15.5 Å². The van der Waals surface area contributed by atoms with Crippen LogP contribution in [0.15, 0.2) is 23.3 Å². The maximum atomic E-state index is 5.18. The van der Waals surface area contributed by atoms with Crippen LogP contribution in [0.4, 0.5) is 0 Å². The van der Waals surface area contributed by atoms with E-state index in [1.807, 2.05) is 32.0 Å². The molecule has 0 aliphatic rings. The first kappa shape index (κ1) is 13.4. The van der Waals surface area contributed by atoms with Crippen LogP contribution in [0.5, 0.6) is 5.75 Å². The van der Waals surface area contributed by atoms with Crippen molar-refractivity contribution < 1.29 is 4.74 Å². The molecule has 0 heterocycles. The summed E-state index contributed by atoms with van der Waals surface area (Å²) in [6.45, 7) is 4.75. The first-order valence-electron chi connectivity index (χ1n) is 5.39. The average molecular weight is 251 g/mol. The minimum atomic E-state index is 0.522. The van der Waals surface area contributed by atoms with Gasteiger partial charge in [0.05, 0.1) is 13.3 Å². The zero-order valence-corrected chi connectivity index (χ0v) is 11.1. The number of nitrogens with zero attached hydrogens (tertiary/aromatic N) is 1. The largest absolute Gasteiger partial charge is 0.496 e. The van der Waals surface area contributed by atoms with E-state index in [1.165, 1.54) is 0 Å². The van der Waals surface area contributed by atoms with Gasteiger partial charge < -0.3 is 10.1 Å². The molecular weight excluding hydrogens is 234 g/mol. The molecule has 0 atom stereocenters. The van der Waals surface area contributed by atoms with E-state index in [0.29, 0.717) is 5.11 Å². The smallest absolute Gasteiger partial charge is 0.186 e. The fourth-order valence-corrected chi connectivity index (χ4v) is 1.54. The molecule has 0 unspecified atom stereocenters. The molecule has 2 N–H and O–H groups in total. The van der Waals surface area contributed by atoms with E-state index in [-0.39, 0.29) is 0 Å². The SMILES string of the molecule is CCNC(=S)NN=Cc1ccc(OC)c(C)c1. The Hall–Kier alpha value is -1.62. The second kappa shape index (κ2) is 6.85. The predicted molar refractivity (Wildman–Crippen MR) is 74.7 cm³/mol. The van der Waals surface area contributed by atoms with Gasteiger partial charge in [0.25, 0.3) is 0 Å². The molecule has 4 nitrogen and oxygen atoms in total. The highest BCUT2D eigenvalue weighted by Crippen LogP contribution is 2.17. The molecule has 0 spiro atoms. The Morgan fingerprint density at radius 1 is 1.53 bits per heavy atom. The van der Waals surface area contributed by atoms with Gasteiger partial charge in [-0.2, -0.15) is 5.10 Å². The van der Waals surface area contributed by atoms with Gasteiger partial charge in [0.15, 0.2) is 5.11 Å². The summed E-state index contributed by atoms with van der Waals surface area (Å²) >= 11 is 4.98. The fraction of sp³-hybridized carbons (Fsp3) is 0.333. The predicted octanol–water partition coefficient (Wildman–Crippen LogP) is 1.82. The van der Waals surface area contributed by atoms with E-state index in [1.54, 1.807) is 13.3 Å². The Labute approximate surface area is 107 Å². The van der Waals surface area contributed by atoms with Crippen molar-refractivity contribution in [1.29, 1.82) is 0 Å². The Bertz CT molecular complexity index is 418. The van der Waals surface area contributed by atoms with E-state index in [9.17, 15) is 0 Å². The third-order valence-electron chi connectivity index (χ3n) is 2.14. The van der Waals surface area contributed by atoms with Crippen LogP contribution in [0, 0.1) is 6.92 Å². The number of hydrogen-bond acceptors (Lipinski definition) is 3. The normalized spacial score (nSPS) is 10.3. The third-order valence-corrected chi connectivity index (χ3v) is 2.37. The Morgan fingerprint density at radius 3 is 2.88 bits per heavy atom. The summed E-state index contributed by atoms with van der Waals surface area (Å²) in [7, 11) is 1.66. The molecule has 0 aliphatic carbocycles. The van der Waals surface area contributed by atoms with E-state index >= 15 is 0 Å². The Morgan fingerprint density at radius 2 is 2.29 bits per heavy atom. The molecule has 0 saturated carbocycles. The summed E-state index contributed by atoms with van der Waals surface area (Å²) < 4.78 is 5.18. The number of hydrazone groups is 1. The number of rotatable bonds is 4. The number of nitrogens with one attached hydrogen (secondary N) is 2. The summed E-state index contributed by atoms with van der Waals surface area (Å²) in [4.78, 5) is 0. The number of benzene rings is 1. The molecule has 17 heavy (non-hydrogen) atoms. The molecule has 0 aliphatic heterocycles. The van der Waals surface area contributed by atoms with Crippen LogP contribution in [-0.4, -0.2) is 25.0 Å². The molecule has 1 aromatic rings. The first-order valence-corrected chi connectivity index (χ1v) is 5.79. The molecule has 0 aromatic heterocycles. The highest BCUT2D eigenvalue weighted by Gasteiger charge is 1.97. The van der Waals surface area contributed by atoms with Gasteiger partial charge in [0.1, 0.15) is 5.75 Å². The summed E-state index contributed by atoms with van der Waals surface area (Å²) in [5, 5.41) is 7.51. The maximum Gasteiger partial charge on any atom is 0.186 e. The molecule has 0 amide bonds. The molecule has 0 fully saturated rings. The minimum absolute atomic E-state index is 0.522. The molecule has 1 aromatic carbocycles. The number of ether oxygens (including phenoxy) is 1. The van der Waals surface area contributed by atoms with Gasteiger partial charge >= 0.3 is 0 Å². The van der Waals surface area contributed by atoms with Crippen LogP contribution in [-0.2, 0) is 0 Å². The Balaban J connectivity index is 2.60. The van der Waals surface area contributed by atoms with Crippen molar-refractivity contribution in [3.63, 3.8) is 0 Å². The summed E-state index contributed by atoms with van der Waals surface area (Å²) in [6, 6.07) is 5.85. The van der Waals surface area contributed by atoms with Crippen molar-refractivity contribution >= 4 is 23.5 Å². The standard InChI is InChI=1S/C12H17N3OS/c1-4-13-12(17)15-14-8-10-5-6-11(16-3)9(2)7-10/h5-8H,4H2,1-3H3,(H2,13,15,17). The second-order valence-electron chi connectivity index (χ2n) is 3.46. The van der Waals surface area contributed by atoms with Crippen molar-refractivity contribution in [2.75, 3.05) is 13.7 Å². The highest BCUT2D eigenvalue weighted by atomic mass is 32.1. The van der Waals surface area contributed by atoms with Gasteiger partial charge in [-0.1, -0.05) is 0 Å². The number of thiocarbonyl (C=S) groups is 1. The van der Waals surface area contributed by atoms with Gasteiger partial charge in [-0.05, 0) is 55.4 Å². The van der Waals surface area contributed by atoms with Crippen LogP contribution in [0.2, 0.25) is 0 Å². The molecule has 0 bridgehead atoms. The minimum Gasteiger partial charge on any atom is -0.496 e. The maximum absolute atomic E-state index is 5.18. The van der Waals surface area contributed by atoms with Crippen molar-refractivity contribution in [3.05, 3.63) is 29.3 Å². The Kier molecular flexibility index (Phi) is 5.42. The quantitative estimate of drug-likeness (QED) is 0.487. The monoisotopic (exact) mass is 251 g/mol. The molecule has 5 heteroatoms. The first-order chi connectivity index (χ1) is 8.17. The van der Waals surface area contributed by atoms with Crippen LogP contribution in [0.1, 0.15) is 18.1 Å². The zero-order valence-electron chi connectivity index (χ0n) is 10.3. The van der Waals surface area contributed by atoms with E-state index in [0.717, 1.165) is 23.4 Å². The average Bonchev–Trinajstić information content (AvgIpc) is 2.29. The summed E-state index contributed by atoms with van der Waals surface area (Å²) in [5.41, 5.74) is 4.81. The van der Waals surface area contributed by atoms with E-state index in [4.69, 9.17) is 17.0 Å². The van der Waals surface area contributed by atoms with Crippen LogP contribution in [0.25, 0.3) is 0 Å². The zero-order chi connectivity index (χ0) is 12.7. The molecule has 0 radical (unpaired) electrons. The molecule has 0 saturated heterocycles. The van der Waals surface area contributed by atoms with Crippen molar-refractivity contribution in [1.82, 2.24) is 10.7 Å². The number of aryl methyl sites for hydroxylation is 1. The topological polar surface area (TPSA) is 45.7 Å². The van der Waals surface area contributed by atoms with Crippen molar-refractivity contribution in [2.24, 2.45) is 5.10 Å². The van der Waals surface area contributed by atoms with Crippen LogP contribution >= 0.6 is 12.2 Å². The lowest BCUT2D eigenvalue weighted by atomic mass is 10.1. The lowest BCUT2D eigenvalue weighted by molar-refractivity contribution is 0.411. The van der Waals surface area contributed by atoms with Gasteiger partial charge in [-0.3, -0.25) is 5.43 Å². The summed E-state index contributed by atoms with van der Waals surface area (Å²) in [5.74, 6) is 0.873. The second-order valence-corrected chi connectivity index (χ2v) is 3.87. The molecule has 92 valence electrons. The number of hydrogen-bond donors (Lipinski definition) is 2. The highest BCUT2D eigenvalue weighted by molar-refractivity contribution is 7.80. The lowest BCUT2D eigenvalue weighted by Crippen LogP contribution is -2.31. The van der Waals surface area contributed by atoms with Gasteiger partial charge in [-0.25, -0.2) is 0 Å². The van der Waals surface area contributed by atoms with Crippen molar-refractivity contribution in [3.8, 4) is 5.75 Å². The van der Waals surface area contributed by atoms with Gasteiger partial charge in [0.2, 0.25) is 0 Å². The van der Waals surface area contributed by atoms with Crippen LogP contribution in [0.3, 0.4) is 0 Å². The van der Waals surface area contributed by atoms with E-state index < -0.39 is 0 Å². The number of methoxy groups -OCH3 is 1. The molecule has 1 rings (SSSR count). The van der Waals surface area contributed by atoms with Gasteiger partial charge in [-0.15, -0.1) is 0 Å². The molecular formula is C12H17N3OS.